The Hall–Kier alpha value is -3.98. The van der Waals surface area contributed by atoms with Gasteiger partial charge in [-0.05, 0) is 72.5 Å². The molecule has 0 atom stereocenters. The number of nitrogens with zero attached hydrogens (tertiary/aromatic N) is 3. The van der Waals surface area contributed by atoms with Crippen molar-refractivity contribution in [2.24, 2.45) is 4.99 Å². The molecule has 6 nitrogen and oxygen atoms in total. The van der Waals surface area contributed by atoms with Crippen molar-refractivity contribution in [1.82, 2.24) is 9.80 Å². The van der Waals surface area contributed by atoms with Crippen molar-refractivity contribution >= 4 is 11.6 Å². The number of hydrogen-bond donors (Lipinski definition) is 1. The molecule has 3 aromatic carbocycles. The van der Waals surface area contributed by atoms with Gasteiger partial charge in [0, 0.05) is 28.2 Å². The zero-order chi connectivity index (χ0) is 28.6. The Morgan fingerprint density at radius 3 is 1.43 bits per heavy atom. The van der Waals surface area contributed by atoms with Gasteiger partial charge in [0.25, 0.3) is 0 Å². The molecule has 0 radical (unpaired) electrons. The molecule has 0 saturated heterocycles. The number of nitrogens with one attached hydrogen (secondary N) is 1. The predicted molar refractivity (Wildman–Crippen MR) is 165 cm³/mol. The largest absolute Gasteiger partial charge is 0.494 e. The van der Waals surface area contributed by atoms with E-state index in [1.807, 2.05) is 98.7 Å². The summed E-state index contributed by atoms with van der Waals surface area (Å²) in [6.07, 6.45) is 9.70. The summed E-state index contributed by atoms with van der Waals surface area (Å²) in [5.74, 6) is 2.73. The van der Waals surface area contributed by atoms with Crippen LogP contribution < -0.4 is 14.7 Å². The first-order valence-electron chi connectivity index (χ1n) is 14.4. The predicted octanol–water partition coefficient (Wildman–Crippen LogP) is 6.16. The van der Waals surface area contributed by atoms with Gasteiger partial charge in [-0.2, -0.15) is 0 Å². The molecule has 6 heteroatoms. The average molecular weight is 542 g/mol. The van der Waals surface area contributed by atoms with Gasteiger partial charge in [0.2, 0.25) is 5.96 Å². The second-order valence-corrected chi connectivity index (χ2v) is 10.4. The molecule has 0 aromatic heterocycles. The maximum absolute atomic E-state index is 7.19. The third-order valence-corrected chi connectivity index (χ3v) is 6.66. The van der Waals surface area contributed by atoms with Gasteiger partial charge in [0.15, 0.2) is 0 Å². The Morgan fingerprint density at radius 2 is 1.00 bits per heavy atom. The SMILES string of the molecule is CN(C)C(=Nc1ccc(OCCCCCCCCCCOc2ccc(-c3ccc(C#[NH+])cc3)cc2)cc1)N(C)C. The average Bonchev–Trinajstić information content (AvgIpc) is 2.97. The fraction of sp³-hybridized carbons (Fsp3) is 0.412. The van der Waals surface area contributed by atoms with E-state index < -0.39 is 0 Å². The zero-order valence-corrected chi connectivity index (χ0v) is 24.7. The molecule has 40 heavy (non-hydrogen) atoms. The lowest BCUT2D eigenvalue weighted by Gasteiger charge is -2.22. The van der Waals surface area contributed by atoms with Crippen molar-refractivity contribution in [2.45, 2.75) is 51.4 Å². The van der Waals surface area contributed by atoms with E-state index >= 15 is 0 Å². The van der Waals surface area contributed by atoms with Gasteiger partial charge >= 0.3 is 6.07 Å². The van der Waals surface area contributed by atoms with E-state index in [-0.39, 0.29) is 0 Å². The lowest BCUT2D eigenvalue weighted by Crippen LogP contribution is -2.35. The fourth-order valence-electron chi connectivity index (χ4n) is 4.47. The van der Waals surface area contributed by atoms with E-state index in [0.29, 0.717) is 0 Å². The second-order valence-electron chi connectivity index (χ2n) is 10.4. The highest BCUT2D eigenvalue weighted by Gasteiger charge is 2.05. The number of unbranched alkanes of at least 4 members (excludes halogenated alkanes) is 7. The summed E-state index contributed by atoms with van der Waals surface area (Å²) in [6.45, 7) is 1.53. The molecule has 0 aliphatic rings. The van der Waals surface area contributed by atoms with Gasteiger partial charge in [-0.1, -0.05) is 68.1 Å². The molecule has 0 aliphatic carbocycles. The van der Waals surface area contributed by atoms with Gasteiger partial charge in [-0.25, -0.2) is 4.99 Å². The van der Waals surface area contributed by atoms with Crippen LogP contribution in [0.3, 0.4) is 0 Å². The molecule has 0 heterocycles. The van der Waals surface area contributed by atoms with Crippen molar-refractivity contribution in [1.29, 1.82) is 0 Å². The lowest BCUT2D eigenvalue weighted by molar-refractivity contribution is -0.0909. The van der Waals surface area contributed by atoms with Crippen LogP contribution >= 0.6 is 0 Å². The number of benzene rings is 3. The van der Waals surface area contributed by atoms with Crippen molar-refractivity contribution in [3.05, 3.63) is 78.4 Å². The summed E-state index contributed by atoms with van der Waals surface area (Å²) >= 11 is 0. The Bertz CT molecular complexity index is 1180. The number of hydrogen-bond acceptors (Lipinski definition) is 3. The van der Waals surface area contributed by atoms with E-state index in [0.717, 1.165) is 65.9 Å². The van der Waals surface area contributed by atoms with Crippen LogP contribution in [0.15, 0.2) is 77.8 Å². The number of ether oxygens (including phenoxy) is 2. The summed E-state index contributed by atoms with van der Waals surface area (Å²) < 4.78 is 11.8. The van der Waals surface area contributed by atoms with Crippen LogP contribution in [0.2, 0.25) is 0 Å². The van der Waals surface area contributed by atoms with Crippen molar-refractivity contribution < 1.29 is 14.7 Å². The molecule has 0 amide bonds. The van der Waals surface area contributed by atoms with Gasteiger partial charge < -0.3 is 19.3 Å². The summed E-state index contributed by atoms with van der Waals surface area (Å²) in [6, 6.07) is 26.5. The Kier molecular flexibility index (Phi) is 12.9. The summed E-state index contributed by atoms with van der Waals surface area (Å²) in [4.78, 5) is 8.70. The van der Waals surface area contributed by atoms with Crippen LogP contribution in [-0.2, 0) is 0 Å². The number of rotatable bonds is 15. The minimum atomic E-state index is 0.761. The van der Waals surface area contributed by atoms with E-state index in [1.165, 1.54) is 38.5 Å². The van der Waals surface area contributed by atoms with Gasteiger partial charge in [0.1, 0.15) is 17.1 Å². The van der Waals surface area contributed by atoms with Crippen LogP contribution in [0, 0.1) is 6.07 Å². The molecule has 212 valence electrons. The van der Waals surface area contributed by atoms with Crippen molar-refractivity contribution in [2.75, 3.05) is 41.4 Å². The van der Waals surface area contributed by atoms with Crippen molar-refractivity contribution in [3.8, 4) is 28.7 Å². The topological polar surface area (TPSA) is 61.1 Å². The highest BCUT2D eigenvalue weighted by atomic mass is 16.5. The Morgan fingerprint density at radius 1 is 0.600 bits per heavy atom. The first-order valence-corrected chi connectivity index (χ1v) is 14.4. The monoisotopic (exact) mass is 541 g/mol. The third kappa shape index (κ3) is 10.6. The minimum absolute atomic E-state index is 0.761. The third-order valence-electron chi connectivity index (χ3n) is 6.66. The minimum Gasteiger partial charge on any atom is -0.494 e. The van der Waals surface area contributed by atoms with Crippen LogP contribution in [0.4, 0.5) is 5.69 Å². The number of guanidine groups is 1. The highest BCUT2D eigenvalue weighted by Crippen LogP contribution is 2.23. The smallest absolute Gasteiger partial charge is 0.308 e. The zero-order valence-electron chi connectivity index (χ0n) is 24.7. The molecule has 0 spiro atoms. The molecule has 1 N–H and O–H groups in total. The standard InChI is InChI=1S/C34H44N4O2/c1-37(2)34(38(3)4)36-31-19-23-33(24-20-31)40-26-12-10-8-6-5-7-9-11-25-39-32-21-17-30(18-22-32)29-15-13-28(27-35)14-16-29/h13-24H,5-12,25-26H2,1-4H3/p+1. The molecule has 0 aliphatic heterocycles. The lowest BCUT2D eigenvalue weighted by atomic mass is 10.0. The molecule has 0 bridgehead atoms. The summed E-state index contributed by atoms with van der Waals surface area (Å²) in [7, 11) is 7.98. The number of aliphatic imine (C=N–C) groups is 1. The molecule has 3 aromatic rings. The van der Waals surface area contributed by atoms with Gasteiger partial charge in [0.05, 0.1) is 18.9 Å². The van der Waals surface area contributed by atoms with Crippen LogP contribution in [0.25, 0.3) is 11.1 Å². The van der Waals surface area contributed by atoms with E-state index in [1.54, 1.807) is 0 Å². The molecular formula is C34H45N4O2+. The quantitative estimate of drug-likeness (QED) is 0.142. The van der Waals surface area contributed by atoms with E-state index in [4.69, 9.17) is 19.7 Å². The molecule has 3 rings (SSSR count). The first kappa shape index (κ1) is 30.6. The highest BCUT2D eigenvalue weighted by molar-refractivity contribution is 5.82. The Balaban J connectivity index is 1.18. The maximum atomic E-state index is 7.19. The van der Waals surface area contributed by atoms with Crippen molar-refractivity contribution in [3.63, 3.8) is 0 Å². The van der Waals surface area contributed by atoms with Gasteiger partial charge in [-0.3, -0.25) is 0 Å². The van der Waals surface area contributed by atoms with E-state index in [9.17, 15) is 0 Å². The van der Waals surface area contributed by atoms with Crippen LogP contribution in [0.5, 0.6) is 11.5 Å². The van der Waals surface area contributed by atoms with Crippen LogP contribution in [0.1, 0.15) is 56.9 Å². The summed E-state index contributed by atoms with van der Waals surface area (Å²) in [5, 5.41) is 7.19. The molecule has 0 fully saturated rings. The second kappa shape index (κ2) is 16.9. The maximum Gasteiger partial charge on any atom is 0.308 e. The molecule has 0 unspecified atom stereocenters. The van der Waals surface area contributed by atoms with E-state index in [2.05, 4.69) is 18.2 Å². The first-order chi connectivity index (χ1) is 19.5. The molecule has 0 saturated carbocycles. The molecular weight excluding hydrogens is 496 g/mol. The normalized spacial score (nSPS) is 10.5. The van der Waals surface area contributed by atoms with Gasteiger partial charge in [-0.15, -0.1) is 0 Å². The Labute approximate surface area is 240 Å². The fourth-order valence-corrected chi connectivity index (χ4v) is 4.47. The summed E-state index contributed by atoms with van der Waals surface area (Å²) in [5.41, 5.74) is 3.99. The van der Waals surface area contributed by atoms with Crippen LogP contribution in [-0.4, -0.2) is 57.2 Å².